The largest absolute Gasteiger partial charge is 0.299 e. The summed E-state index contributed by atoms with van der Waals surface area (Å²) in [5.74, 6) is 0.568. The third kappa shape index (κ3) is 3.76. The zero-order chi connectivity index (χ0) is 12.3. The third-order valence-corrected chi connectivity index (χ3v) is 4.73. The van der Waals surface area contributed by atoms with Crippen LogP contribution in [-0.2, 0) is 6.54 Å². The number of likely N-dealkylation sites (tertiary alicyclic amines) is 1. The molecule has 0 radical (unpaired) electrons. The van der Waals surface area contributed by atoms with Crippen molar-refractivity contribution >= 4 is 31.9 Å². The highest BCUT2D eigenvalue weighted by Gasteiger charge is 2.18. The van der Waals surface area contributed by atoms with E-state index in [9.17, 15) is 4.39 Å². The molecule has 1 aliphatic rings. The summed E-state index contributed by atoms with van der Waals surface area (Å²) in [6, 6.07) is 5.29. The second-order valence-corrected chi connectivity index (χ2v) is 6.15. The molecule has 0 aliphatic carbocycles. The summed E-state index contributed by atoms with van der Waals surface area (Å²) >= 11 is 6.80. The van der Waals surface area contributed by atoms with Gasteiger partial charge in [0.15, 0.2) is 0 Å². The van der Waals surface area contributed by atoms with E-state index < -0.39 is 0 Å². The van der Waals surface area contributed by atoms with Gasteiger partial charge in [-0.25, -0.2) is 4.39 Å². The maximum atomic E-state index is 13.1. The minimum absolute atomic E-state index is 0.189. The second-order valence-electron chi connectivity index (χ2n) is 4.65. The zero-order valence-electron chi connectivity index (χ0n) is 9.63. The maximum absolute atomic E-state index is 13.1. The Balaban J connectivity index is 1.97. The highest BCUT2D eigenvalue weighted by atomic mass is 79.9. The lowest BCUT2D eigenvalue weighted by molar-refractivity contribution is 0.179. The zero-order valence-corrected chi connectivity index (χ0v) is 12.8. The van der Waals surface area contributed by atoms with Crippen molar-refractivity contribution in [2.45, 2.75) is 19.4 Å². The van der Waals surface area contributed by atoms with Crippen LogP contribution >= 0.6 is 31.9 Å². The summed E-state index contributed by atoms with van der Waals surface area (Å²) in [7, 11) is 0. The highest BCUT2D eigenvalue weighted by molar-refractivity contribution is 9.10. The smallest absolute Gasteiger partial charge is 0.137 e. The van der Waals surface area contributed by atoms with Gasteiger partial charge in [-0.3, -0.25) is 4.90 Å². The van der Waals surface area contributed by atoms with Crippen LogP contribution < -0.4 is 0 Å². The van der Waals surface area contributed by atoms with E-state index in [-0.39, 0.29) is 5.82 Å². The predicted octanol–water partition coefficient (Wildman–Crippen LogP) is 4.20. The monoisotopic (exact) mass is 363 g/mol. The number of hydrogen-bond donors (Lipinski definition) is 0. The molecule has 1 nitrogen and oxygen atoms in total. The molecule has 1 aliphatic heterocycles. The maximum Gasteiger partial charge on any atom is 0.137 e. The summed E-state index contributed by atoms with van der Waals surface area (Å²) in [6.07, 6.45) is 2.58. The van der Waals surface area contributed by atoms with Crippen LogP contribution in [0.1, 0.15) is 18.4 Å². The van der Waals surface area contributed by atoms with Gasteiger partial charge in [0.1, 0.15) is 5.82 Å². The molecule has 0 N–H and O–H groups in total. The van der Waals surface area contributed by atoms with Crippen molar-refractivity contribution in [2.24, 2.45) is 5.92 Å². The highest BCUT2D eigenvalue weighted by Crippen LogP contribution is 2.22. The van der Waals surface area contributed by atoms with Crippen molar-refractivity contribution < 1.29 is 4.39 Å². The van der Waals surface area contributed by atoms with Gasteiger partial charge < -0.3 is 0 Å². The SMILES string of the molecule is Fc1ccc(CN2CCCC(CBr)C2)cc1Br. The van der Waals surface area contributed by atoms with Gasteiger partial charge in [0.2, 0.25) is 0 Å². The van der Waals surface area contributed by atoms with Crippen molar-refractivity contribution in [3.8, 4) is 0 Å². The molecule has 1 heterocycles. The van der Waals surface area contributed by atoms with Gasteiger partial charge in [0, 0.05) is 18.4 Å². The molecule has 0 amide bonds. The summed E-state index contributed by atoms with van der Waals surface area (Å²) < 4.78 is 13.7. The molecule has 1 aromatic rings. The van der Waals surface area contributed by atoms with Gasteiger partial charge in [0.25, 0.3) is 0 Å². The Labute approximate surface area is 119 Å². The number of rotatable bonds is 3. The first-order valence-corrected chi connectivity index (χ1v) is 7.82. The van der Waals surface area contributed by atoms with Gasteiger partial charge in [-0.1, -0.05) is 22.0 Å². The predicted molar refractivity (Wildman–Crippen MR) is 75.9 cm³/mol. The molecule has 0 bridgehead atoms. The van der Waals surface area contributed by atoms with E-state index >= 15 is 0 Å². The summed E-state index contributed by atoms with van der Waals surface area (Å²) in [6.45, 7) is 3.21. The first-order valence-electron chi connectivity index (χ1n) is 5.91. The van der Waals surface area contributed by atoms with Crippen LogP contribution in [0.3, 0.4) is 0 Å². The molecule has 94 valence electrons. The summed E-state index contributed by atoms with van der Waals surface area (Å²) in [4.78, 5) is 2.45. The van der Waals surface area contributed by atoms with E-state index in [0.717, 1.165) is 30.9 Å². The van der Waals surface area contributed by atoms with E-state index in [1.165, 1.54) is 24.5 Å². The summed E-state index contributed by atoms with van der Waals surface area (Å²) in [5, 5.41) is 1.08. The normalized spacial score (nSPS) is 21.7. The Morgan fingerprint density at radius 3 is 2.94 bits per heavy atom. The van der Waals surface area contributed by atoms with Crippen molar-refractivity contribution in [3.63, 3.8) is 0 Å². The van der Waals surface area contributed by atoms with Gasteiger partial charge in [-0.05, 0) is 58.9 Å². The van der Waals surface area contributed by atoms with Crippen molar-refractivity contribution in [3.05, 3.63) is 34.1 Å². The second kappa shape index (κ2) is 6.30. The molecular formula is C13H16Br2FN. The fraction of sp³-hybridized carbons (Fsp3) is 0.538. The number of alkyl halides is 1. The average Bonchev–Trinajstić information content (AvgIpc) is 2.34. The molecule has 0 spiro atoms. The molecule has 2 rings (SSSR count). The van der Waals surface area contributed by atoms with E-state index in [1.54, 1.807) is 0 Å². The molecule has 17 heavy (non-hydrogen) atoms. The Kier molecular flexibility index (Phi) is 5.00. The van der Waals surface area contributed by atoms with Crippen molar-refractivity contribution in [2.75, 3.05) is 18.4 Å². The van der Waals surface area contributed by atoms with Crippen LogP contribution in [0.5, 0.6) is 0 Å². The van der Waals surface area contributed by atoms with Crippen molar-refractivity contribution in [1.82, 2.24) is 4.90 Å². The van der Waals surface area contributed by atoms with Crippen LogP contribution in [0, 0.1) is 11.7 Å². The minimum Gasteiger partial charge on any atom is -0.299 e. The van der Waals surface area contributed by atoms with Gasteiger partial charge in [0.05, 0.1) is 4.47 Å². The molecule has 0 aromatic heterocycles. The van der Waals surface area contributed by atoms with Crippen LogP contribution in [0.15, 0.2) is 22.7 Å². The topological polar surface area (TPSA) is 3.24 Å². The molecule has 1 saturated heterocycles. The van der Waals surface area contributed by atoms with Crippen molar-refractivity contribution in [1.29, 1.82) is 0 Å². The molecule has 4 heteroatoms. The van der Waals surface area contributed by atoms with E-state index in [1.807, 2.05) is 12.1 Å². The van der Waals surface area contributed by atoms with Crippen LogP contribution in [0.2, 0.25) is 0 Å². The molecular weight excluding hydrogens is 349 g/mol. The number of benzene rings is 1. The van der Waals surface area contributed by atoms with Crippen LogP contribution in [0.25, 0.3) is 0 Å². The fourth-order valence-corrected chi connectivity index (χ4v) is 3.27. The van der Waals surface area contributed by atoms with Crippen LogP contribution in [-0.4, -0.2) is 23.3 Å². The molecule has 1 fully saturated rings. The third-order valence-electron chi connectivity index (χ3n) is 3.21. The number of hydrogen-bond acceptors (Lipinski definition) is 1. The number of halogens is 3. The average molecular weight is 365 g/mol. The Hall–Kier alpha value is 0.0700. The van der Waals surface area contributed by atoms with E-state index in [0.29, 0.717) is 4.47 Å². The first kappa shape index (κ1) is 13.5. The Morgan fingerprint density at radius 1 is 1.41 bits per heavy atom. The quantitative estimate of drug-likeness (QED) is 0.726. The van der Waals surface area contributed by atoms with E-state index in [4.69, 9.17) is 0 Å². The Bertz CT molecular complexity index is 384. The number of nitrogens with zero attached hydrogens (tertiary/aromatic N) is 1. The van der Waals surface area contributed by atoms with Gasteiger partial charge in [-0.2, -0.15) is 0 Å². The lowest BCUT2D eigenvalue weighted by Gasteiger charge is -2.31. The minimum atomic E-state index is -0.189. The lowest BCUT2D eigenvalue weighted by atomic mass is 10.00. The van der Waals surface area contributed by atoms with Gasteiger partial charge in [-0.15, -0.1) is 0 Å². The van der Waals surface area contributed by atoms with E-state index in [2.05, 4.69) is 36.8 Å². The molecule has 0 saturated carbocycles. The Morgan fingerprint density at radius 2 is 2.24 bits per heavy atom. The standard InChI is InChI=1S/C13H16Br2FN/c14-7-11-2-1-5-17(9-11)8-10-3-4-13(16)12(15)6-10/h3-4,6,11H,1-2,5,7-9H2. The van der Waals surface area contributed by atoms with Crippen LogP contribution in [0.4, 0.5) is 4.39 Å². The molecule has 1 atom stereocenters. The lowest BCUT2D eigenvalue weighted by Crippen LogP contribution is -2.35. The fourth-order valence-electron chi connectivity index (χ4n) is 2.32. The molecule has 1 aromatic carbocycles. The van der Waals surface area contributed by atoms with Gasteiger partial charge >= 0.3 is 0 Å². The molecule has 1 unspecified atom stereocenters. The number of piperidine rings is 1. The first-order chi connectivity index (χ1) is 8.19. The summed E-state index contributed by atoms with van der Waals surface area (Å²) in [5.41, 5.74) is 1.17.